The van der Waals surface area contributed by atoms with Crippen LogP contribution in [0.3, 0.4) is 0 Å². The molecule has 0 saturated heterocycles. The number of rotatable bonds is 4. The fourth-order valence-electron chi connectivity index (χ4n) is 2.40. The molecule has 4 nitrogen and oxygen atoms in total. The van der Waals surface area contributed by atoms with E-state index in [9.17, 15) is 9.59 Å². The summed E-state index contributed by atoms with van der Waals surface area (Å²) in [5.74, 6) is -0.271. The van der Waals surface area contributed by atoms with Gasteiger partial charge in [-0.3, -0.25) is 4.79 Å². The number of carbonyl (C=O) groups excluding carboxylic acids is 1. The molecule has 0 saturated carbocycles. The fraction of sp³-hybridized carbons (Fsp3) is 0.0526. The molecule has 0 bridgehead atoms. The summed E-state index contributed by atoms with van der Waals surface area (Å²) >= 11 is 0. The summed E-state index contributed by atoms with van der Waals surface area (Å²) in [6, 6.07) is 16.6. The molecule has 0 radical (unpaired) electrons. The molecular weight excluding hydrogens is 290 g/mol. The second kappa shape index (κ2) is 6.32. The van der Waals surface area contributed by atoms with Gasteiger partial charge in [0.25, 0.3) is 0 Å². The van der Waals surface area contributed by atoms with Crippen LogP contribution in [0.2, 0.25) is 0 Å². The summed E-state index contributed by atoms with van der Waals surface area (Å²) in [5, 5.41) is 3.59. The highest BCUT2D eigenvalue weighted by molar-refractivity contribution is 5.98. The van der Waals surface area contributed by atoms with Crippen LogP contribution < -0.4 is 10.9 Å². The molecule has 114 valence electrons. The number of hydrogen-bond acceptors (Lipinski definition) is 3. The zero-order valence-corrected chi connectivity index (χ0v) is 12.4. The third kappa shape index (κ3) is 3.37. The Labute approximate surface area is 133 Å². The number of anilines is 1. The molecule has 1 amide bonds. The summed E-state index contributed by atoms with van der Waals surface area (Å²) in [5.41, 5.74) is 2.39. The van der Waals surface area contributed by atoms with E-state index < -0.39 is 0 Å². The quantitative estimate of drug-likeness (QED) is 0.593. The molecule has 0 unspecified atom stereocenters. The Balaban J connectivity index is 1.91. The third-order valence-corrected chi connectivity index (χ3v) is 3.49. The van der Waals surface area contributed by atoms with Crippen LogP contribution in [0.1, 0.15) is 11.1 Å². The van der Waals surface area contributed by atoms with Crippen LogP contribution in [0.5, 0.6) is 0 Å². The molecule has 4 heteroatoms. The second-order valence-corrected chi connectivity index (χ2v) is 5.17. The monoisotopic (exact) mass is 305 g/mol. The SMILES string of the molecule is C=CC(=O)Nc1cccc(Cc2cc3ccccc3oc2=O)c1. The average molecular weight is 305 g/mol. The molecule has 2 aromatic carbocycles. The molecule has 3 rings (SSSR count). The molecule has 1 N–H and O–H groups in total. The highest BCUT2D eigenvalue weighted by atomic mass is 16.4. The average Bonchev–Trinajstić information content (AvgIpc) is 2.56. The van der Waals surface area contributed by atoms with Crippen molar-refractivity contribution >= 4 is 22.6 Å². The van der Waals surface area contributed by atoms with Crippen LogP contribution in [0.25, 0.3) is 11.0 Å². The van der Waals surface area contributed by atoms with Crippen molar-refractivity contribution in [2.45, 2.75) is 6.42 Å². The van der Waals surface area contributed by atoms with E-state index in [-0.39, 0.29) is 11.5 Å². The Morgan fingerprint density at radius 3 is 2.78 bits per heavy atom. The highest BCUT2D eigenvalue weighted by Gasteiger charge is 2.07. The molecule has 0 atom stereocenters. The van der Waals surface area contributed by atoms with Crippen molar-refractivity contribution < 1.29 is 9.21 Å². The van der Waals surface area contributed by atoms with Crippen LogP contribution >= 0.6 is 0 Å². The number of fused-ring (bicyclic) bond motifs is 1. The van der Waals surface area contributed by atoms with E-state index in [1.165, 1.54) is 6.08 Å². The van der Waals surface area contributed by atoms with Gasteiger partial charge in [-0.05, 0) is 35.9 Å². The topological polar surface area (TPSA) is 59.3 Å². The van der Waals surface area contributed by atoms with Gasteiger partial charge in [0.05, 0.1) is 0 Å². The van der Waals surface area contributed by atoms with Crippen LogP contribution in [-0.4, -0.2) is 5.91 Å². The van der Waals surface area contributed by atoms with Gasteiger partial charge in [-0.25, -0.2) is 4.79 Å². The van der Waals surface area contributed by atoms with Gasteiger partial charge in [-0.1, -0.05) is 36.9 Å². The van der Waals surface area contributed by atoms with E-state index in [1.807, 2.05) is 42.5 Å². The molecular formula is C19H15NO3. The Morgan fingerprint density at radius 2 is 1.96 bits per heavy atom. The van der Waals surface area contributed by atoms with Gasteiger partial charge in [0.2, 0.25) is 5.91 Å². The second-order valence-electron chi connectivity index (χ2n) is 5.17. The number of carbonyl (C=O) groups is 1. The zero-order chi connectivity index (χ0) is 16.2. The zero-order valence-electron chi connectivity index (χ0n) is 12.4. The van der Waals surface area contributed by atoms with E-state index in [4.69, 9.17) is 4.42 Å². The van der Waals surface area contributed by atoms with Gasteiger partial charge < -0.3 is 9.73 Å². The van der Waals surface area contributed by atoms with Crippen molar-refractivity contribution in [3.8, 4) is 0 Å². The van der Waals surface area contributed by atoms with Gasteiger partial charge in [-0.15, -0.1) is 0 Å². The molecule has 3 aromatic rings. The van der Waals surface area contributed by atoms with Gasteiger partial charge in [0.15, 0.2) is 0 Å². The fourth-order valence-corrected chi connectivity index (χ4v) is 2.40. The maximum absolute atomic E-state index is 12.1. The maximum Gasteiger partial charge on any atom is 0.339 e. The molecule has 0 fully saturated rings. The first-order valence-electron chi connectivity index (χ1n) is 7.20. The van der Waals surface area contributed by atoms with Crippen molar-refractivity contribution in [2.75, 3.05) is 5.32 Å². The van der Waals surface area contributed by atoms with Crippen LogP contribution in [0.4, 0.5) is 5.69 Å². The van der Waals surface area contributed by atoms with E-state index in [2.05, 4.69) is 11.9 Å². The molecule has 0 spiro atoms. The van der Waals surface area contributed by atoms with Crippen LogP contribution in [0, 0.1) is 0 Å². The predicted molar refractivity (Wildman–Crippen MR) is 90.6 cm³/mol. The smallest absolute Gasteiger partial charge is 0.339 e. The first-order chi connectivity index (χ1) is 11.2. The first-order valence-corrected chi connectivity index (χ1v) is 7.20. The van der Waals surface area contributed by atoms with Gasteiger partial charge >= 0.3 is 5.63 Å². The summed E-state index contributed by atoms with van der Waals surface area (Å²) in [7, 11) is 0. The third-order valence-electron chi connectivity index (χ3n) is 3.49. The summed E-state index contributed by atoms with van der Waals surface area (Å²) in [6.45, 7) is 3.42. The molecule has 0 aliphatic carbocycles. The Bertz CT molecular complexity index is 940. The van der Waals surface area contributed by atoms with Gasteiger partial charge in [0, 0.05) is 23.1 Å². The summed E-state index contributed by atoms with van der Waals surface area (Å²) < 4.78 is 5.34. The Kier molecular flexibility index (Phi) is 4.06. The molecule has 0 aliphatic rings. The normalized spacial score (nSPS) is 10.4. The Morgan fingerprint density at radius 1 is 1.13 bits per heavy atom. The molecule has 0 aliphatic heterocycles. The predicted octanol–water partition coefficient (Wildman–Crippen LogP) is 3.51. The standard InChI is InChI=1S/C19H15NO3/c1-2-18(21)20-16-8-5-6-13(11-16)10-15-12-14-7-3-4-9-17(14)23-19(15)22/h2-9,11-12H,1,10H2,(H,20,21). The van der Waals surface area contributed by atoms with E-state index in [1.54, 1.807) is 12.1 Å². The van der Waals surface area contributed by atoms with Crippen LogP contribution in [0.15, 0.2) is 76.5 Å². The lowest BCUT2D eigenvalue weighted by Crippen LogP contribution is -2.09. The Hall–Kier alpha value is -3.14. The van der Waals surface area contributed by atoms with Crippen LogP contribution in [-0.2, 0) is 11.2 Å². The van der Waals surface area contributed by atoms with Crippen molar-refractivity contribution in [3.05, 3.63) is 88.8 Å². The molecule has 1 heterocycles. The minimum absolute atomic E-state index is 0.271. The van der Waals surface area contributed by atoms with Crippen molar-refractivity contribution in [3.63, 3.8) is 0 Å². The minimum atomic E-state index is -0.343. The van der Waals surface area contributed by atoms with E-state index in [0.717, 1.165) is 10.9 Å². The molecule has 23 heavy (non-hydrogen) atoms. The minimum Gasteiger partial charge on any atom is -0.423 e. The van der Waals surface area contributed by atoms with Crippen molar-refractivity contribution in [2.24, 2.45) is 0 Å². The van der Waals surface area contributed by atoms with Gasteiger partial charge in [0.1, 0.15) is 5.58 Å². The van der Waals surface area contributed by atoms with Gasteiger partial charge in [-0.2, -0.15) is 0 Å². The number of hydrogen-bond donors (Lipinski definition) is 1. The number of amides is 1. The first kappa shape index (κ1) is 14.8. The van der Waals surface area contributed by atoms with Crippen molar-refractivity contribution in [1.29, 1.82) is 0 Å². The van der Waals surface area contributed by atoms with E-state index in [0.29, 0.717) is 23.3 Å². The van der Waals surface area contributed by atoms with E-state index >= 15 is 0 Å². The lowest BCUT2D eigenvalue weighted by atomic mass is 10.0. The lowest BCUT2D eigenvalue weighted by molar-refractivity contribution is -0.111. The summed E-state index contributed by atoms with van der Waals surface area (Å²) in [4.78, 5) is 23.5. The largest absolute Gasteiger partial charge is 0.423 e. The molecule has 1 aromatic heterocycles. The lowest BCUT2D eigenvalue weighted by Gasteiger charge is -2.06. The number of benzene rings is 2. The highest BCUT2D eigenvalue weighted by Crippen LogP contribution is 2.17. The number of para-hydroxylation sites is 1. The number of nitrogens with one attached hydrogen (secondary N) is 1. The van der Waals surface area contributed by atoms with Crippen molar-refractivity contribution in [1.82, 2.24) is 0 Å². The maximum atomic E-state index is 12.1. The summed E-state index contributed by atoms with van der Waals surface area (Å²) in [6.07, 6.45) is 1.65.